The molecule has 1 atom stereocenters. The molecular formula is C19H20N4O3S. The summed E-state index contributed by atoms with van der Waals surface area (Å²) >= 11 is 0. The Bertz CT molecular complexity index is 1110. The van der Waals surface area contributed by atoms with Gasteiger partial charge in [0.15, 0.2) is 15.5 Å². The summed E-state index contributed by atoms with van der Waals surface area (Å²) < 4.78 is 25.1. The fourth-order valence-corrected chi connectivity index (χ4v) is 5.07. The van der Waals surface area contributed by atoms with Gasteiger partial charge in [-0.05, 0) is 19.4 Å². The van der Waals surface area contributed by atoms with Crippen molar-refractivity contribution in [2.75, 3.05) is 11.5 Å². The number of fused-ring (bicyclic) bond motifs is 1. The van der Waals surface area contributed by atoms with Gasteiger partial charge in [0.2, 0.25) is 0 Å². The fourth-order valence-electron chi connectivity index (χ4n) is 3.40. The lowest BCUT2D eigenvalue weighted by Crippen LogP contribution is -2.35. The van der Waals surface area contributed by atoms with E-state index in [1.807, 2.05) is 37.3 Å². The Morgan fingerprint density at radius 1 is 1.30 bits per heavy atom. The highest BCUT2D eigenvalue weighted by Crippen LogP contribution is 2.25. The molecule has 1 unspecified atom stereocenters. The number of benzene rings is 1. The van der Waals surface area contributed by atoms with Crippen molar-refractivity contribution in [2.24, 2.45) is 0 Å². The lowest BCUT2D eigenvalue weighted by atomic mass is 10.1. The second-order valence-electron chi connectivity index (χ2n) is 6.69. The van der Waals surface area contributed by atoms with Crippen molar-refractivity contribution >= 4 is 26.8 Å². The number of hydrogen-bond acceptors (Lipinski definition) is 5. The van der Waals surface area contributed by atoms with E-state index in [1.54, 1.807) is 16.9 Å². The maximum atomic E-state index is 12.9. The zero-order chi connectivity index (χ0) is 19.0. The molecular weight excluding hydrogens is 364 g/mol. The van der Waals surface area contributed by atoms with E-state index in [9.17, 15) is 13.2 Å². The van der Waals surface area contributed by atoms with Crippen molar-refractivity contribution in [3.8, 4) is 11.3 Å². The molecule has 0 spiro atoms. The van der Waals surface area contributed by atoms with Crippen LogP contribution in [0.2, 0.25) is 0 Å². The van der Waals surface area contributed by atoms with E-state index < -0.39 is 9.84 Å². The molecule has 3 aromatic rings. The van der Waals surface area contributed by atoms with E-state index >= 15 is 0 Å². The topological polar surface area (TPSA) is 94.0 Å². The molecule has 0 bridgehead atoms. The number of sulfone groups is 1. The van der Waals surface area contributed by atoms with Crippen molar-refractivity contribution in [1.29, 1.82) is 0 Å². The maximum absolute atomic E-state index is 12.9. The zero-order valence-corrected chi connectivity index (χ0v) is 15.7. The van der Waals surface area contributed by atoms with Crippen molar-refractivity contribution < 1.29 is 13.2 Å². The number of hydrogen-bond donors (Lipinski definition) is 1. The van der Waals surface area contributed by atoms with E-state index in [0.717, 1.165) is 5.56 Å². The van der Waals surface area contributed by atoms with Crippen molar-refractivity contribution in [3.63, 3.8) is 0 Å². The Morgan fingerprint density at radius 2 is 2.07 bits per heavy atom. The highest BCUT2D eigenvalue weighted by atomic mass is 32.2. The molecule has 27 heavy (non-hydrogen) atoms. The van der Waals surface area contributed by atoms with Gasteiger partial charge in [-0.3, -0.25) is 4.79 Å². The standard InChI is InChI=1S/C19H20N4O3S/c1-2-23-18-16(11-20-23)15(10-17(22-18)13-6-4-3-5-7-13)19(24)21-14-8-9-27(25,26)12-14/h3-7,10-11,14H,2,8-9,12H2,1H3,(H,21,24). The molecule has 0 radical (unpaired) electrons. The third kappa shape index (κ3) is 3.44. The first kappa shape index (κ1) is 17.7. The minimum atomic E-state index is -3.06. The SMILES string of the molecule is CCn1ncc2c(C(=O)NC3CCS(=O)(=O)C3)cc(-c3ccccc3)nc21. The van der Waals surface area contributed by atoms with Gasteiger partial charge in [0, 0.05) is 18.2 Å². The fraction of sp³-hybridized carbons (Fsp3) is 0.316. The predicted molar refractivity (Wildman–Crippen MR) is 103 cm³/mol. The molecule has 1 aliphatic rings. The third-order valence-electron chi connectivity index (χ3n) is 4.79. The third-order valence-corrected chi connectivity index (χ3v) is 6.56. The Kier molecular flexibility index (Phi) is 4.43. The summed E-state index contributed by atoms with van der Waals surface area (Å²) in [5.74, 6) is -0.184. The van der Waals surface area contributed by atoms with E-state index in [0.29, 0.717) is 35.3 Å². The number of nitrogens with one attached hydrogen (secondary N) is 1. The van der Waals surface area contributed by atoms with Gasteiger partial charge in [-0.2, -0.15) is 5.10 Å². The molecule has 1 fully saturated rings. The summed E-state index contributed by atoms with van der Waals surface area (Å²) in [6.45, 7) is 2.60. The molecule has 3 heterocycles. The summed E-state index contributed by atoms with van der Waals surface area (Å²) in [7, 11) is -3.06. The molecule has 1 saturated heterocycles. The monoisotopic (exact) mass is 384 g/mol. The summed E-state index contributed by atoms with van der Waals surface area (Å²) in [5.41, 5.74) is 2.69. The number of aromatic nitrogens is 3. The smallest absolute Gasteiger partial charge is 0.252 e. The molecule has 7 nitrogen and oxygen atoms in total. The van der Waals surface area contributed by atoms with Crippen LogP contribution < -0.4 is 5.32 Å². The molecule has 2 aromatic heterocycles. The second-order valence-corrected chi connectivity index (χ2v) is 8.92. The summed E-state index contributed by atoms with van der Waals surface area (Å²) in [6, 6.07) is 11.0. The van der Waals surface area contributed by atoms with Crippen molar-refractivity contribution in [2.45, 2.75) is 25.9 Å². The molecule has 1 N–H and O–H groups in total. The van der Waals surface area contributed by atoms with Crippen LogP contribution in [-0.4, -0.2) is 46.6 Å². The molecule has 1 aliphatic heterocycles. The van der Waals surface area contributed by atoms with Crippen LogP contribution in [0.3, 0.4) is 0 Å². The number of nitrogens with zero attached hydrogens (tertiary/aromatic N) is 3. The molecule has 140 valence electrons. The number of pyridine rings is 1. The Morgan fingerprint density at radius 3 is 2.74 bits per heavy atom. The minimum absolute atomic E-state index is 0.00721. The number of carbonyl (C=O) groups is 1. The highest BCUT2D eigenvalue weighted by molar-refractivity contribution is 7.91. The van der Waals surface area contributed by atoms with Crippen LogP contribution in [0.25, 0.3) is 22.3 Å². The average molecular weight is 384 g/mol. The Labute approximate surface area is 157 Å². The van der Waals surface area contributed by atoms with Gasteiger partial charge in [-0.25, -0.2) is 18.1 Å². The van der Waals surface area contributed by atoms with Crippen LogP contribution in [0.4, 0.5) is 0 Å². The van der Waals surface area contributed by atoms with Crippen LogP contribution in [0.5, 0.6) is 0 Å². The second kappa shape index (κ2) is 6.77. The van der Waals surface area contributed by atoms with Gasteiger partial charge < -0.3 is 5.32 Å². The number of aryl methyl sites for hydroxylation is 1. The summed E-state index contributed by atoms with van der Waals surface area (Å²) in [4.78, 5) is 17.6. The zero-order valence-electron chi connectivity index (χ0n) is 14.9. The van der Waals surface area contributed by atoms with Gasteiger partial charge >= 0.3 is 0 Å². The van der Waals surface area contributed by atoms with E-state index in [2.05, 4.69) is 10.4 Å². The van der Waals surface area contributed by atoms with Gasteiger partial charge in [-0.1, -0.05) is 30.3 Å². The van der Waals surface area contributed by atoms with Crippen molar-refractivity contribution in [3.05, 3.63) is 48.2 Å². The first-order valence-corrected chi connectivity index (χ1v) is 10.7. The van der Waals surface area contributed by atoms with E-state index in [-0.39, 0.29) is 23.5 Å². The van der Waals surface area contributed by atoms with Gasteiger partial charge in [0.25, 0.3) is 5.91 Å². The molecule has 0 aliphatic carbocycles. The van der Waals surface area contributed by atoms with Crippen LogP contribution in [0.1, 0.15) is 23.7 Å². The summed E-state index contributed by atoms with van der Waals surface area (Å²) in [5, 5.41) is 7.85. The van der Waals surface area contributed by atoms with Gasteiger partial charge in [-0.15, -0.1) is 0 Å². The lowest BCUT2D eigenvalue weighted by Gasteiger charge is -2.13. The van der Waals surface area contributed by atoms with E-state index in [1.165, 1.54) is 0 Å². The highest BCUT2D eigenvalue weighted by Gasteiger charge is 2.30. The largest absolute Gasteiger partial charge is 0.348 e. The van der Waals surface area contributed by atoms with Crippen LogP contribution >= 0.6 is 0 Å². The van der Waals surface area contributed by atoms with E-state index in [4.69, 9.17) is 4.98 Å². The van der Waals surface area contributed by atoms with Gasteiger partial charge in [0.05, 0.1) is 34.3 Å². The number of carbonyl (C=O) groups excluding carboxylic acids is 1. The van der Waals surface area contributed by atoms with Crippen LogP contribution in [0.15, 0.2) is 42.6 Å². The number of amides is 1. The van der Waals surface area contributed by atoms with Crippen molar-refractivity contribution in [1.82, 2.24) is 20.1 Å². The lowest BCUT2D eigenvalue weighted by molar-refractivity contribution is 0.0943. The Hall–Kier alpha value is -2.74. The molecule has 1 amide bonds. The van der Waals surface area contributed by atoms with Crippen LogP contribution in [0, 0.1) is 0 Å². The average Bonchev–Trinajstić information content (AvgIpc) is 3.23. The normalized spacial score (nSPS) is 18.6. The maximum Gasteiger partial charge on any atom is 0.252 e. The molecule has 4 rings (SSSR count). The summed E-state index contributed by atoms with van der Waals surface area (Å²) in [6.07, 6.45) is 2.09. The number of rotatable bonds is 4. The Balaban J connectivity index is 1.76. The quantitative estimate of drug-likeness (QED) is 0.743. The van der Waals surface area contributed by atoms with Crippen LogP contribution in [-0.2, 0) is 16.4 Å². The predicted octanol–water partition coefficient (Wildman–Crippen LogP) is 2.04. The molecule has 1 aromatic carbocycles. The first-order chi connectivity index (χ1) is 13.0. The first-order valence-electron chi connectivity index (χ1n) is 8.90. The minimum Gasteiger partial charge on any atom is -0.348 e. The van der Waals surface area contributed by atoms with Gasteiger partial charge in [0.1, 0.15) is 0 Å². The molecule has 0 saturated carbocycles. The molecule has 8 heteroatoms.